The van der Waals surface area contributed by atoms with E-state index in [1.54, 1.807) is 28.0 Å². The molecule has 0 saturated carbocycles. The van der Waals surface area contributed by atoms with Gasteiger partial charge in [0.05, 0.1) is 10.6 Å². The minimum absolute atomic E-state index is 0.0306. The number of hydrogen-bond donors (Lipinski definition) is 0. The standard InChI is InChI=1S/C26H33N3O4S/c1-4-25(30)29-13-11-21-17-23(9-10-24(21)29)34(32,33)16-12-26(31)27-14-15-28(20(3)18-27)22-7-5-19(2)6-8-22/h5-10,17,20H,4,11-16,18H2,1-3H3/t20-/m0/s1. The van der Waals surface area contributed by atoms with Crippen molar-refractivity contribution in [3.8, 4) is 0 Å². The van der Waals surface area contributed by atoms with Crippen molar-refractivity contribution in [3.05, 3.63) is 53.6 Å². The number of anilines is 2. The number of nitrogens with zero attached hydrogens (tertiary/aromatic N) is 3. The van der Waals surface area contributed by atoms with Crippen molar-refractivity contribution in [1.82, 2.24) is 4.90 Å². The lowest BCUT2D eigenvalue weighted by atomic mass is 10.1. The number of carbonyl (C=O) groups is 2. The SMILES string of the molecule is CCC(=O)N1CCc2cc(S(=O)(=O)CCC(=O)N3CCN(c4ccc(C)cc4)[C@@H](C)C3)ccc21. The zero-order chi connectivity index (χ0) is 24.5. The molecule has 34 heavy (non-hydrogen) atoms. The monoisotopic (exact) mass is 483 g/mol. The summed E-state index contributed by atoms with van der Waals surface area (Å²) < 4.78 is 25.9. The van der Waals surface area contributed by atoms with Crippen LogP contribution < -0.4 is 9.80 Å². The Morgan fingerprint density at radius 1 is 1.00 bits per heavy atom. The largest absolute Gasteiger partial charge is 0.365 e. The topological polar surface area (TPSA) is 78.0 Å². The third-order valence-corrected chi connectivity index (χ3v) is 8.55. The van der Waals surface area contributed by atoms with Gasteiger partial charge in [0, 0.05) is 56.4 Å². The van der Waals surface area contributed by atoms with Crippen molar-refractivity contribution >= 4 is 33.0 Å². The summed E-state index contributed by atoms with van der Waals surface area (Å²) in [6.07, 6.45) is 1.03. The van der Waals surface area contributed by atoms with E-state index < -0.39 is 9.84 Å². The van der Waals surface area contributed by atoms with Crippen LogP contribution >= 0.6 is 0 Å². The summed E-state index contributed by atoms with van der Waals surface area (Å²) in [6, 6.07) is 13.5. The molecule has 2 aromatic carbocycles. The van der Waals surface area contributed by atoms with Gasteiger partial charge in [-0.2, -0.15) is 0 Å². The highest BCUT2D eigenvalue weighted by Crippen LogP contribution is 2.31. The van der Waals surface area contributed by atoms with E-state index in [4.69, 9.17) is 0 Å². The van der Waals surface area contributed by atoms with Gasteiger partial charge in [-0.15, -0.1) is 0 Å². The van der Waals surface area contributed by atoms with E-state index in [-0.39, 0.29) is 34.9 Å². The number of piperazine rings is 1. The van der Waals surface area contributed by atoms with Crippen LogP contribution in [0.5, 0.6) is 0 Å². The van der Waals surface area contributed by atoms with E-state index in [1.165, 1.54) is 5.56 Å². The number of amides is 2. The molecule has 2 heterocycles. The van der Waals surface area contributed by atoms with Crippen LogP contribution in [-0.2, 0) is 25.8 Å². The van der Waals surface area contributed by atoms with Gasteiger partial charge in [-0.25, -0.2) is 8.42 Å². The van der Waals surface area contributed by atoms with Gasteiger partial charge in [0.1, 0.15) is 0 Å². The Balaban J connectivity index is 1.36. The van der Waals surface area contributed by atoms with Crippen LogP contribution in [0.15, 0.2) is 47.4 Å². The molecule has 4 rings (SSSR count). The third kappa shape index (κ3) is 4.97. The predicted molar refractivity (Wildman–Crippen MR) is 134 cm³/mol. The Labute approximate surface area is 202 Å². The normalized spacial score (nSPS) is 18.2. The van der Waals surface area contributed by atoms with Crippen molar-refractivity contribution in [2.24, 2.45) is 0 Å². The van der Waals surface area contributed by atoms with Crippen LogP contribution in [0.4, 0.5) is 11.4 Å². The summed E-state index contributed by atoms with van der Waals surface area (Å²) in [4.78, 5) is 30.9. The van der Waals surface area contributed by atoms with Crippen LogP contribution in [-0.4, -0.2) is 63.1 Å². The second kappa shape index (κ2) is 9.78. The first kappa shape index (κ1) is 24.3. The van der Waals surface area contributed by atoms with Gasteiger partial charge in [-0.1, -0.05) is 24.6 Å². The molecule has 0 aromatic heterocycles. The van der Waals surface area contributed by atoms with E-state index in [0.717, 1.165) is 23.5 Å². The first-order valence-electron chi connectivity index (χ1n) is 12.0. The summed E-state index contributed by atoms with van der Waals surface area (Å²) in [6.45, 7) is 8.43. The fourth-order valence-corrected chi connectivity index (χ4v) is 6.10. The molecule has 0 bridgehead atoms. The van der Waals surface area contributed by atoms with E-state index in [0.29, 0.717) is 32.5 Å². The first-order chi connectivity index (χ1) is 16.2. The first-order valence-corrected chi connectivity index (χ1v) is 13.6. The van der Waals surface area contributed by atoms with Crippen LogP contribution in [0.25, 0.3) is 0 Å². The number of hydrogen-bond acceptors (Lipinski definition) is 5. The number of carbonyl (C=O) groups excluding carboxylic acids is 2. The molecule has 1 fully saturated rings. The zero-order valence-corrected chi connectivity index (χ0v) is 21.0. The predicted octanol–water partition coefficient (Wildman–Crippen LogP) is 3.20. The fourth-order valence-electron chi connectivity index (χ4n) is 4.82. The molecule has 0 N–H and O–H groups in total. The van der Waals surface area contributed by atoms with Gasteiger partial charge in [0.15, 0.2) is 9.84 Å². The molecule has 1 atom stereocenters. The maximum Gasteiger partial charge on any atom is 0.226 e. The summed E-state index contributed by atoms with van der Waals surface area (Å²) in [7, 11) is -3.59. The van der Waals surface area contributed by atoms with Gasteiger partial charge >= 0.3 is 0 Å². The average Bonchev–Trinajstić information content (AvgIpc) is 3.26. The maximum absolute atomic E-state index is 13.0. The Kier molecular flexibility index (Phi) is 6.98. The lowest BCUT2D eigenvalue weighted by Gasteiger charge is -2.41. The van der Waals surface area contributed by atoms with Crippen molar-refractivity contribution in [3.63, 3.8) is 0 Å². The number of benzene rings is 2. The summed E-state index contributed by atoms with van der Waals surface area (Å²) in [5.41, 5.74) is 4.02. The van der Waals surface area contributed by atoms with Crippen LogP contribution in [0.1, 0.15) is 37.8 Å². The van der Waals surface area contributed by atoms with Gasteiger partial charge in [0.25, 0.3) is 0 Å². The van der Waals surface area contributed by atoms with Gasteiger partial charge in [-0.05, 0) is 56.2 Å². The van der Waals surface area contributed by atoms with Gasteiger partial charge < -0.3 is 14.7 Å². The van der Waals surface area contributed by atoms with Gasteiger partial charge in [0.2, 0.25) is 11.8 Å². The van der Waals surface area contributed by atoms with Crippen molar-refractivity contribution in [2.45, 2.75) is 51.0 Å². The Morgan fingerprint density at radius 2 is 1.74 bits per heavy atom. The quantitative estimate of drug-likeness (QED) is 0.631. The fraction of sp³-hybridized carbons (Fsp3) is 0.462. The molecule has 1 saturated heterocycles. The second-order valence-corrected chi connectivity index (χ2v) is 11.3. The Bertz CT molecular complexity index is 1180. The molecule has 7 nitrogen and oxygen atoms in total. The van der Waals surface area contributed by atoms with Crippen molar-refractivity contribution < 1.29 is 18.0 Å². The highest BCUT2D eigenvalue weighted by atomic mass is 32.2. The molecule has 0 unspecified atom stereocenters. The molecule has 2 aliphatic heterocycles. The van der Waals surface area contributed by atoms with E-state index in [9.17, 15) is 18.0 Å². The van der Waals surface area contributed by atoms with E-state index in [1.807, 2.05) is 6.92 Å². The number of rotatable bonds is 6. The summed E-state index contributed by atoms with van der Waals surface area (Å²) in [5.74, 6) is -0.300. The smallest absolute Gasteiger partial charge is 0.226 e. The van der Waals surface area contributed by atoms with Gasteiger partial charge in [-0.3, -0.25) is 9.59 Å². The number of sulfone groups is 1. The molecule has 2 aliphatic rings. The molecule has 2 amide bonds. The molecule has 182 valence electrons. The molecular weight excluding hydrogens is 450 g/mol. The minimum atomic E-state index is -3.59. The van der Waals surface area contributed by atoms with Crippen molar-refractivity contribution in [1.29, 1.82) is 0 Å². The highest BCUT2D eigenvalue weighted by Gasteiger charge is 2.29. The lowest BCUT2D eigenvalue weighted by molar-refractivity contribution is -0.131. The second-order valence-electron chi connectivity index (χ2n) is 9.23. The van der Waals surface area contributed by atoms with Crippen LogP contribution in [0.2, 0.25) is 0 Å². The summed E-state index contributed by atoms with van der Waals surface area (Å²) in [5, 5.41) is 0. The average molecular weight is 484 g/mol. The van der Waals surface area contributed by atoms with Crippen molar-refractivity contribution in [2.75, 3.05) is 41.7 Å². The Morgan fingerprint density at radius 3 is 2.41 bits per heavy atom. The maximum atomic E-state index is 13.0. The van der Waals surface area contributed by atoms with E-state index in [2.05, 4.69) is 43.0 Å². The number of aryl methyl sites for hydroxylation is 1. The lowest BCUT2D eigenvalue weighted by Crippen LogP contribution is -2.54. The molecule has 2 aromatic rings. The molecule has 0 spiro atoms. The molecular formula is C26H33N3O4S. The number of fused-ring (bicyclic) bond motifs is 1. The molecule has 0 aliphatic carbocycles. The Hall–Kier alpha value is -2.87. The zero-order valence-electron chi connectivity index (χ0n) is 20.2. The third-order valence-electron chi connectivity index (χ3n) is 6.84. The molecule has 8 heteroatoms. The van der Waals surface area contributed by atoms with E-state index >= 15 is 0 Å². The molecule has 0 radical (unpaired) electrons. The summed E-state index contributed by atoms with van der Waals surface area (Å²) >= 11 is 0. The van der Waals surface area contributed by atoms with Crippen LogP contribution in [0.3, 0.4) is 0 Å². The highest BCUT2D eigenvalue weighted by molar-refractivity contribution is 7.91. The van der Waals surface area contributed by atoms with Crippen LogP contribution in [0, 0.1) is 6.92 Å². The minimum Gasteiger partial charge on any atom is -0.365 e.